The number of aryl methyl sites for hydroxylation is 1. The maximum atomic E-state index is 12.5. The highest BCUT2D eigenvalue weighted by molar-refractivity contribution is 7.12. The third-order valence-corrected chi connectivity index (χ3v) is 7.28. The number of hydrogen-bond donors (Lipinski definition) is 1. The molecule has 30 heavy (non-hydrogen) atoms. The van der Waals surface area contributed by atoms with Crippen LogP contribution in [0.4, 0.5) is 0 Å². The molecule has 5 nitrogen and oxygen atoms in total. The molecule has 0 spiro atoms. The molecule has 1 amide bonds. The third kappa shape index (κ3) is 5.62. The van der Waals surface area contributed by atoms with Crippen LogP contribution in [0.2, 0.25) is 0 Å². The van der Waals surface area contributed by atoms with Crippen molar-refractivity contribution in [3.8, 4) is 5.75 Å². The Morgan fingerprint density at radius 2 is 2.10 bits per heavy atom. The van der Waals surface area contributed by atoms with Crippen LogP contribution < -0.4 is 10.1 Å². The van der Waals surface area contributed by atoms with Crippen molar-refractivity contribution >= 4 is 17.2 Å². The number of hydrogen-bond acceptors (Lipinski definition) is 5. The van der Waals surface area contributed by atoms with Crippen LogP contribution in [-0.2, 0) is 16.1 Å². The van der Waals surface area contributed by atoms with Gasteiger partial charge in [0.15, 0.2) is 0 Å². The minimum atomic E-state index is 0.128. The van der Waals surface area contributed by atoms with E-state index in [1.54, 1.807) is 0 Å². The lowest BCUT2D eigenvalue weighted by molar-refractivity contribution is -0.122. The van der Waals surface area contributed by atoms with Crippen molar-refractivity contribution in [2.24, 2.45) is 5.92 Å². The number of carbonyl (C=O) groups excluding carboxylic acids is 1. The maximum Gasteiger partial charge on any atom is 0.224 e. The zero-order valence-electron chi connectivity index (χ0n) is 17.9. The number of nitrogens with zero attached hydrogens (tertiary/aromatic N) is 1. The van der Waals surface area contributed by atoms with Crippen molar-refractivity contribution in [2.75, 3.05) is 33.4 Å². The van der Waals surface area contributed by atoms with Crippen molar-refractivity contribution in [3.63, 3.8) is 0 Å². The van der Waals surface area contributed by atoms with Gasteiger partial charge in [-0.05, 0) is 63.1 Å². The van der Waals surface area contributed by atoms with Crippen molar-refractivity contribution < 1.29 is 14.3 Å². The average molecular weight is 429 g/mol. The topological polar surface area (TPSA) is 50.8 Å². The highest BCUT2D eigenvalue weighted by Crippen LogP contribution is 2.49. The van der Waals surface area contributed by atoms with Gasteiger partial charge >= 0.3 is 0 Å². The summed E-state index contributed by atoms with van der Waals surface area (Å²) in [5, 5.41) is 3.10. The van der Waals surface area contributed by atoms with Gasteiger partial charge in [-0.2, -0.15) is 0 Å². The van der Waals surface area contributed by atoms with Crippen molar-refractivity contribution in [1.29, 1.82) is 0 Å². The molecule has 0 bridgehead atoms. The van der Waals surface area contributed by atoms with Gasteiger partial charge in [-0.15, -0.1) is 11.3 Å². The normalized spacial score (nSPS) is 21.6. The fourth-order valence-electron chi connectivity index (χ4n) is 4.13. The molecule has 162 valence electrons. The SMILES string of the molecule is Cc1ccc(C2CC2C(=O)NCc2cccc(OCCN(C)C3CCOCC3)c2)s1. The molecular weight excluding hydrogens is 396 g/mol. The Bertz CT molecular complexity index is 846. The Morgan fingerprint density at radius 1 is 1.27 bits per heavy atom. The van der Waals surface area contributed by atoms with Gasteiger partial charge in [0.2, 0.25) is 5.91 Å². The third-order valence-electron chi connectivity index (χ3n) is 6.15. The molecule has 2 fully saturated rings. The highest BCUT2D eigenvalue weighted by atomic mass is 32.1. The first-order chi connectivity index (χ1) is 14.6. The molecule has 1 saturated carbocycles. The fourth-order valence-corrected chi connectivity index (χ4v) is 5.19. The molecule has 1 aromatic heterocycles. The molecule has 4 rings (SSSR count). The first-order valence-corrected chi connectivity index (χ1v) is 11.8. The summed E-state index contributed by atoms with van der Waals surface area (Å²) in [7, 11) is 2.16. The van der Waals surface area contributed by atoms with E-state index in [0.717, 1.165) is 50.3 Å². The fraction of sp³-hybridized carbons (Fsp3) is 0.542. The molecular formula is C24H32N2O3S. The van der Waals surface area contributed by atoms with E-state index in [2.05, 4.69) is 36.3 Å². The minimum absolute atomic E-state index is 0.128. The molecule has 2 unspecified atom stereocenters. The molecule has 2 aromatic rings. The Balaban J connectivity index is 1.19. The molecule has 0 radical (unpaired) electrons. The van der Waals surface area contributed by atoms with E-state index in [-0.39, 0.29) is 11.8 Å². The van der Waals surface area contributed by atoms with Crippen LogP contribution in [0.5, 0.6) is 5.75 Å². The predicted molar refractivity (Wildman–Crippen MR) is 120 cm³/mol. The van der Waals surface area contributed by atoms with Gasteiger partial charge in [-0.25, -0.2) is 0 Å². The lowest BCUT2D eigenvalue weighted by Gasteiger charge is -2.31. The van der Waals surface area contributed by atoms with E-state index < -0.39 is 0 Å². The molecule has 1 saturated heterocycles. The van der Waals surface area contributed by atoms with Gasteiger partial charge in [0.25, 0.3) is 0 Å². The van der Waals surface area contributed by atoms with Gasteiger partial charge in [-0.3, -0.25) is 9.69 Å². The van der Waals surface area contributed by atoms with Crippen LogP contribution in [0, 0.1) is 12.8 Å². The Labute approximate surface area is 183 Å². The lowest BCUT2D eigenvalue weighted by atomic mass is 10.1. The second-order valence-electron chi connectivity index (χ2n) is 8.43. The Kier molecular flexibility index (Phi) is 7.08. The second kappa shape index (κ2) is 9.94. The smallest absolute Gasteiger partial charge is 0.224 e. The zero-order valence-corrected chi connectivity index (χ0v) is 18.7. The van der Waals surface area contributed by atoms with Crippen LogP contribution in [0.25, 0.3) is 0 Å². The number of thiophene rings is 1. The quantitative estimate of drug-likeness (QED) is 0.657. The van der Waals surface area contributed by atoms with E-state index >= 15 is 0 Å². The molecule has 2 heterocycles. The molecule has 2 aliphatic rings. The summed E-state index contributed by atoms with van der Waals surface area (Å²) in [5.74, 6) is 1.56. The molecule has 1 aromatic carbocycles. The van der Waals surface area contributed by atoms with Crippen molar-refractivity contribution in [2.45, 2.75) is 44.7 Å². The summed E-state index contributed by atoms with van der Waals surface area (Å²) >= 11 is 1.81. The number of likely N-dealkylation sites (N-methyl/N-ethyl adjacent to an activating group) is 1. The van der Waals surface area contributed by atoms with E-state index in [1.165, 1.54) is 9.75 Å². The van der Waals surface area contributed by atoms with Gasteiger partial charge in [0.05, 0.1) is 0 Å². The van der Waals surface area contributed by atoms with E-state index in [9.17, 15) is 4.79 Å². The second-order valence-corrected chi connectivity index (χ2v) is 9.75. The monoisotopic (exact) mass is 428 g/mol. The predicted octanol–water partition coefficient (Wildman–Crippen LogP) is 3.97. The molecule has 1 aliphatic heterocycles. The highest BCUT2D eigenvalue weighted by Gasteiger charge is 2.44. The summed E-state index contributed by atoms with van der Waals surface area (Å²) < 4.78 is 11.4. The summed E-state index contributed by atoms with van der Waals surface area (Å²) in [4.78, 5) is 17.5. The summed E-state index contributed by atoms with van der Waals surface area (Å²) in [5.41, 5.74) is 1.07. The van der Waals surface area contributed by atoms with E-state index in [1.807, 2.05) is 35.6 Å². The van der Waals surface area contributed by atoms with Crippen LogP contribution in [0.3, 0.4) is 0 Å². The van der Waals surface area contributed by atoms with Crippen molar-refractivity contribution in [3.05, 3.63) is 51.7 Å². The standard InChI is InChI=1S/C24H32N2O3S/c1-17-6-7-23(30-17)21-15-22(21)24(27)25-16-18-4-3-5-20(14-18)29-13-10-26(2)19-8-11-28-12-9-19/h3-7,14,19,21-22H,8-13,15-16H2,1-2H3,(H,25,27). The first-order valence-electron chi connectivity index (χ1n) is 10.9. The number of nitrogens with one attached hydrogen (secondary N) is 1. The van der Waals surface area contributed by atoms with E-state index in [0.29, 0.717) is 25.1 Å². The van der Waals surface area contributed by atoms with Gasteiger partial charge in [0.1, 0.15) is 12.4 Å². The van der Waals surface area contributed by atoms with Crippen molar-refractivity contribution in [1.82, 2.24) is 10.2 Å². The molecule has 1 aliphatic carbocycles. The summed E-state index contributed by atoms with van der Waals surface area (Å²) in [6, 6.07) is 12.9. The number of carbonyl (C=O) groups is 1. The Hall–Kier alpha value is -1.89. The minimum Gasteiger partial charge on any atom is -0.492 e. The zero-order chi connectivity index (χ0) is 20.9. The van der Waals surface area contributed by atoms with Gasteiger partial charge < -0.3 is 14.8 Å². The van der Waals surface area contributed by atoms with Crippen LogP contribution in [-0.4, -0.2) is 50.3 Å². The van der Waals surface area contributed by atoms with Gasteiger partial charge in [-0.1, -0.05) is 12.1 Å². The average Bonchev–Trinajstić information content (AvgIpc) is 3.46. The van der Waals surface area contributed by atoms with Crippen LogP contribution in [0.1, 0.15) is 40.5 Å². The number of rotatable bonds is 9. The van der Waals surface area contributed by atoms with Gasteiger partial charge in [0, 0.05) is 53.9 Å². The van der Waals surface area contributed by atoms with E-state index in [4.69, 9.17) is 9.47 Å². The summed E-state index contributed by atoms with van der Waals surface area (Å²) in [6.45, 7) is 5.94. The summed E-state index contributed by atoms with van der Waals surface area (Å²) in [6.07, 6.45) is 3.16. The lowest BCUT2D eigenvalue weighted by Crippen LogP contribution is -2.38. The Morgan fingerprint density at radius 3 is 2.87 bits per heavy atom. The largest absolute Gasteiger partial charge is 0.492 e. The van der Waals surface area contributed by atoms with Crippen LogP contribution in [0.15, 0.2) is 36.4 Å². The molecule has 1 N–H and O–H groups in total. The number of benzene rings is 1. The number of ether oxygens (including phenoxy) is 2. The maximum absolute atomic E-state index is 12.5. The number of amides is 1. The first kappa shape index (κ1) is 21.3. The molecule has 6 heteroatoms. The molecule has 2 atom stereocenters. The van der Waals surface area contributed by atoms with Crippen LogP contribution >= 0.6 is 11.3 Å².